The number of phenolic OH excluding ortho intramolecular Hbond substituents is 1. The number of pyridine rings is 1. The van der Waals surface area contributed by atoms with E-state index < -0.39 is 0 Å². The van der Waals surface area contributed by atoms with Crippen molar-refractivity contribution >= 4 is 10.9 Å². The lowest BCUT2D eigenvalue weighted by molar-refractivity contribution is 0.476. The summed E-state index contributed by atoms with van der Waals surface area (Å²) >= 11 is 0. The van der Waals surface area contributed by atoms with Gasteiger partial charge in [0.15, 0.2) is 0 Å². The molecule has 0 aliphatic rings. The molecular weight excluding hydrogens is 258 g/mol. The summed E-state index contributed by atoms with van der Waals surface area (Å²) in [6.45, 7) is 4.50. The molecule has 0 radical (unpaired) electrons. The second-order valence-electron chi connectivity index (χ2n) is 5.95. The van der Waals surface area contributed by atoms with Gasteiger partial charge in [0.1, 0.15) is 5.75 Å². The van der Waals surface area contributed by atoms with Crippen molar-refractivity contribution in [3.8, 4) is 5.75 Å². The van der Waals surface area contributed by atoms with Crippen LogP contribution in [0.4, 0.5) is 0 Å². The monoisotopic (exact) mass is 285 g/mol. The van der Waals surface area contributed by atoms with Gasteiger partial charge in [0, 0.05) is 17.0 Å². The van der Waals surface area contributed by atoms with Crippen LogP contribution < -0.4 is 0 Å². The van der Waals surface area contributed by atoms with Crippen LogP contribution >= 0.6 is 0 Å². The second kappa shape index (κ2) is 8.02. The van der Waals surface area contributed by atoms with Crippen LogP contribution in [-0.2, 0) is 0 Å². The Morgan fingerprint density at radius 3 is 2.48 bits per heavy atom. The van der Waals surface area contributed by atoms with Crippen molar-refractivity contribution in [3.63, 3.8) is 0 Å². The Morgan fingerprint density at radius 1 is 0.952 bits per heavy atom. The molecule has 2 nitrogen and oxygen atoms in total. The van der Waals surface area contributed by atoms with Crippen molar-refractivity contribution in [1.82, 2.24) is 4.98 Å². The maximum atomic E-state index is 9.54. The highest BCUT2D eigenvalue weighted by Crippen LogP contribution is 2.29. The Bertz CT molecular complexity index is 564. The standard InChI is InChI=1S/C19H27NO/c1-3-5-7-9-15(8-6-4-2)18-12-10-16-14-17(21)11-13-19(16)20-18/h10-15,21H,3-9H2,1-2H3. The van der Waals surface area contributed by atoms with Gasteiger partial charge in [-0.1, -0.05) is 52.0 Å². The van der Waals surface area contributed by atoms with Gasteiger partial charge in [-0.15, -0.1) is 0 Å². The normalized spacial score (nSPS) is 12.7. The fourth-order valence-corrected chi connectivity index (χ4v) is 2.89. The summed E-state index contributed by atoms with van der Waals surface area (Å²) < 4.78 is 0. The van der Waals surface area contributed by atoms with E-state index in [4.69, 9.17) is 4.98 Å². The molecule has 0 aliphatic heterocycles. The van der Waals surface area contributed by atoms with Gasteiger partial charge in [0.05, 0.1) is 5.52 Å². The number of nitrogens with zero attached hydrogens (tertiary/aromatic N) is 1. The highest BCUT2D eigenvalue weighted by molar-refractivity contribution is 5.80. The number of hydrogen-bond acceptors (Lipinski definition) is 2. The number of rotatable bonds is 8. The minimum atomic E-state index is 0.308. The Labute approximate surface area is 128 Å². The molecule has 114 valence electrons. The molecule has 0 fully saturated rings. The number of phenols is 1. The topological polar surface area (TPSA) is 33.1 Å². The highest BCUT2D eigenvalue weighted by Gasteiger charge is 2.13. The molecule has 21 heavy (non-hydrogen) atoms. The van der Waals surface area contributed by atoms with Gasteiger partial charge in [-0.2, -0.15) is 0 Å². The van der Waals surface area contributed by atoms with Crippen LogP contribution in [-0.4, -0.2) is 10.1 Å². The molecule has 2 aromatic rings. The van der Waals surface area contributed by atoms with Crippen LogP contribution in [0.15, 0.2) is 30.3 Å². The first-order chi connectivity index (χ1) is 10.2. The summed E-state index contributed by atoms with van der Waals surface area (Å²) in [7, 11) is 0. The fourth-order valence-electron chi connectivity index (χ4n) is 2.89. The quantitative estimate of drug-likeness (QED) is 0.622. The van der Waals surface area contributed by atoms with E-state index in [0.717, 1.165) is 10.9 Å². The van der Waals surface area contributed by atoms with Crippen LogP contribution in [0.25, 0.3) is 10.9 Å². The van der Waals surface area contributed by atoms with Crippen molar-refractivity contribution in [2.45, 2.75) is 64.7 Å². The maximum Gasteiger partial charge on any atom is 0.116 e. The molecule has 0 aliphatic carbocycles. The van der Waals surface area contributed by atoms with Crippen molar-refractivity contribution < 1.29 is 5.11 Å². The number of hydrogen-bond donors (Lipinski definition) is 1. The number of aromatic nitrogens is 1. The molecule has 1 unspecified atom stereocenters. The third-order valence-electron chi connectivity index (χ3n) is 4.17. The first-order valence-corrected chi connectivity index (χ1v) is 8.34. The van der Waals surface area contributed by atoms with E-state index in [-0.39, 0.29) is 0 Å². The first-order valence-electron chi connectivity index (χ1n) is 8.34. The zero-order valence-corrected chi connectivity index (χ0v) is 13.3. The van der Waals surface area contributed by atoms with Crippen LogP contribution in [0.1, 0.15) is 70.4 Å². The smallest absolute Gasteiger partial charge is 0.116 e. The van der Waals surface area contributed by atoms with E-state index in [2.05, 4.69) is 26.0 Å². The first kappa shape index (κ1) is 15.8. The molecule has 0 spiro atoms. The van der Waals surface area contributed by atoms with Gasteiger partial charge >= 0.3 is 0 Å². The summed E-state index contributed by atoms with van der Waals surface area (Å²) in [5.41, 5.74) is 2.21. The molecule has 0 saturated heterocycles. The third kappa shape index (κ3) is 4.45. The second-order valence-corrected chi connectivity index (χ2v) is 5.95. The molecule has 0 bridgehead atoms. The van der Waals surface area contributed by atoms with E-state index >= 15 is 0 Å². The number of aromatic hydroxyl groups is 1. The molecule has 2 rings (SSSR count). The Kier molecular flexibility index (Phi) is 6.04. The number of benzene rings is 1. The van der Waals surface area contributed by atoms with Crippen LogP contribution in [0, 0.1) is 0 Å². The van der Waals surface area contributed by atoms with Crippen LogP contribution in [0.2, 0.25) is 0 Å². The van der Waals surface area contributed by atoms with Crippen LogP contribution in [0.3, 0.4) is 0 Å². The van der Waals surface area contributed by atoms with E-state index in [1.165, 1.54) is 50.6 Å². The van der Waals surface area contributed by atoms with Gasteiger partial charge < -0.3 is 5.11 Å². The lowest BCUT2D eigenvalue weighted by Crippen LogP contribution is -2.02. The fraction of sp³-hybridized carbons (Fsp3) is 0.526. The predicted octanol–water partition coefficient (Wildman–Crippen LogP) is 5.79. The van der Waals surface area contributed by atoms with E-state index in [9.17, 15) is 5.11 Å². The van der Waals surface area contributed by atoms with Gasteiger partial charge in [-0.3, -0.25) is 4.98 Å². The Balaban J connectivity index is 2.19. The molecule has 1 aromatic carbocycles. The molecule has 0 saturated carbocycles. The average Bonchev–Trinajstić information content (AvgIpc) is 2.50. The Hall–Kier alpha value is -1.57. The largest absolute Gasteiger partial charge is 0.508 e. The van der Waals surface area contributed by atoms with Crippen molar-refractivity contribution in [2.75, 3.05) is 0 Å². The number of unbranched alkanes of at least 4 members (excludes halogenated alkanes) is 3. The lowest BCUT2D eigenvalue weighted by Gasteiger charge is -2.16. The molecule has 0 amide bonds. The molecule has 1 heterocycles. The summed E-state index contributed by atoms with van der Waals surface area (Å²) in [5.74, 6) is 0.886. The van der Waals surface area contributed by atoms with Gasteiger partial charge in [0.2, 0.25) is 0 Å². The minimum Gasteiger partial charge on any atom is -0.508 e. The zero-order valence-electron chi connectivity index (χ0n) is 13.3. The summed E-state index contributed by atoms with van der Waals surface area (Å²) in [6.07, 6.45) is 8.86. The lowest BCUT2D eigenvalue weighted by atomic mass is 9.91. The molecular formula is C19H27NO. The van der Waals surface area contributed by atoms with E-state index in [1.54, 1.807) is 12.1 Å². The molecule has 1 N–H and O–H groups in total. The van der Waals surface area contributed by atoms with Crippen LogP contribution in [0.5, 0.6) is 5.75 Å². The zero-order chi connectivity index (χ0) is 15.1. The van der Waals surface area contributed by atoms with Gasteiger partial charge in [0.25, 0.3) is 0 Å². The van der Waals surface area contributed by atoms with E-state index in [0.29, 0.717) is 11.7 Å². The number of fused-ring (bicyclic) bond motifs is 1. The summed E-state index contributed by atoms with van der Waals surface area (Å²) in [5, 5.41) is 10.6. The maximum absolute atomic E-state index is 9.54. The van der Waals surface area contributed by atoms with Gasteiger partial charge in [-0.25, -0.2) is 0 Å². The predicted molar refractivity (Wildman–Crippen MR) is 89.8 cm³/mol. The summed E-state index contributed by atoms with van der Waals surface area (Å²) in [6, 6.07) is 9.66. The van der Waals surface area contributed by atoms with Crippen molar-refractivity contribution in [3.05, 3.63) is 36.0 Å². The third-order valence-corrected chi connectivity index (χ3v) is 4.17. The molecule has 2 heteroatoms. The molecule has 1 aromatic heterocycles. The Morgan fingerprint density at radius 2 is 1.71 bits per heavy atom. The minimum absolute atomic E-state index is 0.308. The van der Waals surface area contributed by atoms with Crippen molar-refractivity contribution in [1.29, 1.82) is 0 Å². The highest BCUT2D eigenvalue weighted by atomic mass is 16.3. The summed E-state index contributed by atoms with van der Waals surface area (Å²) in [4.78, 5) is 4.84. The SMILES string of the molecule is CCCCCC(CCCC)c1ccc2cc(O)ccc2n1. The molecule has 1 atom stereocenters. The van der Waals surface area contributed by atoms with Crippen molar-refractivity contribution in [2.24, 2.45) is 0 Å². The average molecular weight is 285 g/mol. The van der Waals surface area contributed by atoms with Gasteiger partial charge in [-0.05, 0) is 37.1 Å². The van der Waals surface area contributed by atoms with E-state index in [1.807, 2.05) is 6.07 Å².